The Labute approximate surface area is 112 Å². The summed E-state index contributed by atoms with van der Waals surface area (Å²) in [6, 6.07) is 4.34. The fourth-order valence-corrected chi connectivity index (χ4v) is 1.42. The van der Waals surface area contributed by atoms with Gasteiger partial charge in [0.15, 0.2) is 0 Å². The van der Waals surface area contributed by atoms with E-state index in [1.807, 2.05) is 0 Å². The number of hydrogen-bond acceptors (Lipinski definition) is 3. The molecule has 0 radical (unpaired) electrons. The molecule has 8 heteroatoms. The van der Waals surface area contributed by atoms with Crippen molar-refractivity contribution in [1.29, 1.82) is 0 Å². The van der Waals surface area contributed by atoms with Crippen LogP contribution in [0.3, 0.4) is 0 Å². The van der Waals surface area contributed by atoms with Crippen LogP contribution in [0.15, 0.2) is 24.3 Å². The summed E-state index contributed by atoms with van der Waals surface area (Å²) < 4.78 is 37.4. The number of nitrogens with two attached hydrogens (primary N) is 1. The highest BCUT2D eigenvalue weighted by Gasteiger charge is 2.30. The molecule has 20 heavy (non-hydrogen) atoms. The average molecular weight is 290 g/mol. The summed E-state index contributed by atoms with van der Waals surface area (Å²) in [7, 11) is 0. The van der Waals surface area contributed by atoms with Crippen molar-refractivity contribution < 1.29 is 27.9 Å². The third-order valence-corrected chi connectivity index (χ3v) is 2.44. The van der Waals surface area contributed by atoms with Crippen LogP contribution >= 0.6 is 0 Å². The zero-order valence-corrected chi connectivity index (χ0v) is 10.3. The molecule has 0 bridgehead atoms. The largest absolute Gasteiger partial charge is 0.416 e. The summed E-state index contributed by atoms with van der Waals surface area (Å²) in [5, 5.41) is 11.3. The molecule has 0 fully saturated rings. The lowest BCUT2D eigenvalue weighted by molar-refractivity contribution is -0.137. The van der Waals surface area contributed by atoms with E-state index >= 15 is 0 Å². The van der Waals surface area contributed by atoms with Gasteiger partial charge in [-0.25, -0.2) is 0 Å². The maximum Gasteiger partial charge on any atom is 0.416 e. The lowest BCUT2D eigenvalue weighted by Crippen LogP contribution is -2.40. The van der Waals surface area contributed by atoms with Gasteiger partial charge in [-0.05, 0) is 11.6 Å². The van der Waals surface area contributed by atoms with Crippen molar-refractivity contribution in [2.75, 3.05) is 6.54 Å². The van der Waals surface area contributed by atoms with Crippen LogP contribution in [0.5, 0.6) is 0 Å². The number of carbonyl (C=O) groups excluding carboxylic acids is 2. The first-order chi connectivity index (χ1) is 9.20. The van der Waals surface area contributed by atoms with Gasteiger partial charge in [-0.2, -0.15) is 13.2 Å². The van der Waals surface area contributed by atoms with Crippen molar-refractivity contribution in [1.82, 2.24) is 5.32 Å². The van der Waals surface area contributed by atoms with Gasteiger partial charge in [0.05, 0.1) is 18.5 Å². The monoisotopic (exact) mass is 290 g/mol. The van der Waals surface area contributed by atoms with E-state index in [0.717, 1.165) is 12.1 Å². The number of alkyl halides is 3. The highest BCUT2D eigenvalue weighted by molar-refractivity contribution is 5.81. The minimum absolute atomic E-state index is 0.172. The van der Waals surface area contributed by atoms with Gasteiger partial charge in [-0.1, -0.05) is 18.2 Å². The topological polar surface area (TPSA) is 92.4 Å². The molecule has 0 aliphatic carbocycles. The molecule has 0 spiro atoms. The Balaban J connectivity index is 2.61. The van der Waals surface area contributed by atoms with E-state index in [-0.39, 0.29) is 18.5 Å². The average Bonchev–Trinajstić information content (AvgIpc) is 2.35. The summed E-state index contributed by atoms with van der Waals surface area (Å²) >= 11 is 0. The first-order valence-corrected chi connectivity index (χ1v) is 5.60. The molecular formula is C12H13F3N2O3. The highest BCUT2D eigenvalue weighted by Crippen LogP contribution is 2.29. The number of aliphatic hydroxyl groups is 1. The number of nitrogens with one attached hydrogen (secondary N) is 1. The number of aliphatic hydroxyl groups excluding tert-OH is 1. The summed E-state index contributed by atoms with van der Waals surface area (Å²) in [6.45, 7) is -0.382. The maximum atomic E-state index is 12.5. The zero-order valence-electron chi connectivity index (χ0n) is 10.3. The third-order valence-electron chi connectivity index (χ3n) is 2.44. The summed E-state index contributed by atoms with van der Waals surface area (Å²) in [6.07, 6.45) is -6.30. The Hall–Kier alpha value is -2.09. The molecule has 1 rings (SSSR count). The standard InChI is InChI=1S/C12H13F3N2O3/c13-12(14,15)8-3-1-2-7(4-8)5-10(19)17-6-9(18)11(16)20/h1-4,9,18H,5-6H2,(H2,16,20)(H,17,19). The van der Waals surface area contributed by atoms with E-state index in [1.165, 1.54) is 12.1 Å². The van der Waals surface area contributed by atoms with E-state index in [1.54, 1.807) is 0 Å². The number of primary amides is 1. The van der Waals surface area contributed by atoms with Crippen LogP contribution in [0.1, 0.15) is 11.1 Å². The first kappa shape index (κ1) is 16.0. The molecule has 4 N–H and O–H groups in total. The molecule has 0 saturated carbocycles. The second-order valence-electron chi connectivity index (χ2n) is 4.10. The van der Waals surface area contributed by atoms with E-state index in [2.05, 4.69) is 5.32 Å². The Kier molecular flexibility index (Phi) is 5.09. The lowest BCUT2D eigenvalue weighted by atomic mass is 10.1. The van der Waals surface area contributed by atoms with Crippen molar-refractivity contribution >= 4 is 11.8 Å². The lowest BCUT2D eigenvalue weighted by Gasteiger charge is -2.10. The number of hydrogen-bond donors (Lipinski definition) is 3. The van der Waals surface area contributed by atoms with Crippen LogP contribution in [0, 0.1) is 0 Å². The molecule has 1 aromatic rings. The molecule has 0 saturated heterocycles. The fraction of sp³-hybridized carbons (Fsp3) is 0.333. The molecule has 1 aromatic carbocycles. The van der Waals surface area contributed by atoms with Crippen LogP contribution in [0.4, 0.5) is 13.2 Å². The van der Waals surface area contributed by atoms with Crippen molar-refractivity contribution in [3.63, 3.8) is 0 Å². The summed E-state index contributed by atoms with van der Waals surface area (Å²) in [4.78, 5) is 22.0. The summed E-state index contributed by atoms with van der Waals surface area (Å²) in [5.74, 6) is -1.62. The van der Waals surface area contributed by atoms with Crippen LogP contribution in [0.25, 0.3) is 0 Å². The van der Waals surface area contributed by atoms with E-state index < -0.39 is 29.7 Å². The maximum absolute atomic E-state index is 12.5. The van der Waals surface area contributed by atoms with Gasteiger partial charge >= 0.3 is 6.18 Å². The van der Waals surface area contributed by atoms with Gasteiger partial charge < -0.3 is 16.2 Å². The van der Waals surface area contributed by atoms with Crippen molar-refractivity contribution in [2.24, 2.45) is 5.73 Å². The minimum atomic E-state index is -4.48. The molecule has 0 aliphatic heterocycles. The molecule has 1 unspecified atom stereocenters. The Morgan fingerprint density at radius 1 is 1.35 bits per heavy atom. The second kappa shape index (κ2) is 6.38. The van der Waals surface area contributed by atoms with Gasteiger partial charge in [-0.15, -0.1) is 0 Å². The Bertz CT molecular complexity index is 503. The first-order valence-electron chi connectivity index (χ1n) is 5.60. The molecule has 0 aliphatic rings. The van der Waals surface area contributed by atoms with E-state index in [0.29, 0.717) is 0 Å². The van der Waals surface area contributed by atoms with Crippen LogP contribution in [0.2, 0.25) is 0 Å². The Morgan fingerprint density at radius 3 is 2.55 bits per heavy atom. The predicted octanol–water partition coefficient (Wildman–Crippen LogP) is 0.210. The van der Waals surface area contributed by atoms with Gasteiger partial charge in [-0.3, -0.25) is 9.59 Å². The van der Waals surface area contributed by atoms with Crippen LogP contribution in [-0.4, -0.2) is 29.6 Å². The molecule has 2 amide bonds. The zero-order chi connectivity index (χ0) is 15.3. The van der Waals surface area contributed by atoms with Gasteiger partial charge in [0, 0.05) is 0 Å². The SMILES string of the molecule is NC(=O)C(O)CNC(=O)Cc1cccc(C(F)(F)F)c1. The molecule has 110 valence electrons. The van der Waals surface area contributed by atoms with Crippen molar-refractivity contribution in [3.05, 3.63) is 35.4 Å². The van der Waals surface area contributed by atoms with Crippen LogP contribution < -0.4 is 11.1 Å². The summed E-state index contributed by atoms with van der Waals surface area (Å²) in [5.41, 5.74) is 4.10. The number of halogens is 3. The molecule has 0 heterocycles. The quantitative estimate of drug-likeness (QED) is 0.724. The number of carbonyl (C=O) groups is 2. The van der Waals surface area contributed by atoms with Gasteiger partial charge in [0.25, 0.3) is 0 Å². The smallest absolute Gasteiger partial charge is 0.381 e. The highest BCUT2D eigenvalue weighted by atomic mass is 19.4. The number of amides is 2. The van der Waals surface area contributed by atoms with Gasteiger partial charge in [0.1, 0.15) is 6.10 Å². The van der Waals surface area contributed by atoms with E-state index in [9.17, 15) is 22.8 Å². The number of benzene rings is 1. The fourth-order valence-electron chi connectivity index (χ4n) is 1.42. The third kappa shape index (κ3) is 4.88. The van der Waals surface area contributed by atoms with Crippen LogP contribution in [-0.2, 0) is 22.2 Å². The van der Waals surface area contributed by atoms with E-state index in [4.69, 9.17) is 10.8 Å². The molecule has 1 atom stereocenters. The van der Waals surface area contributed by atoms with Crippen molar-refractivity contribution in [2.45, 2.75) is 18.7 Å². The molecular weight excluding hydrogens is 277 g/mol. The normalized spacial score (nSPS) is 12.8. The minimum Gasteiger partial charge on any atom is -0.381 e. The predicted molar refractivity (Wildman–Crippen MR) is 63.4 cm³/mol. The number of rotatable bonds is 5. The van der Waals surface area contributed by atoms with Gasteiger partial charge in [0.2, 0.25) is 11.8 Å². The van der Waals surface area contributed by atoms with Crippen molar-refractivity contribution in [3.8, 4) is 0 Å². The Morgan fingerprint density at radius 2 is 2.00 bits per heavy atom. The molecule has 5 nitrogen and oxygen atoms in total. The second-order valence-corrected chi connectivity index (χ2v) is 4.10. The molecule has 0 aromatic heterocycles.